The van der Waals surface area contributed by atoms with Gasteiger partial charge in [0.2, 0.25) is 11.8 Å². The van der Waals surface area contributed by atoms with E-state index < -0.39 is 29.0 Å². The van der Waals surface area contributed by atoms with Gasteiger partial charge in [-0.3, -0.25) is 14.4 Å². The van der Waals surface area contributed by atoms with Crippen LogP contribution in [-0.4, -0.2) is 38.8 Å². The lowest BCUT2D eigenvalue weighted by Gasteiger charge is -2.44. The predicted molar refractivity (Wildman–Crippen MR) is 131 cm³/mol. The summed E-state index contributed by atoms with van der Waals surface area (Å²) in [6, 6.07) is 9.93. The van der Waals surface area contributed by atoms with Crippen molar-refractivity contribution in [1.29, 1.82) is 0 Å². The first-order valence-corrected chi connectivity index (χ1v) is 12.1. The van der Waals surface area contributed by atoms with Crippen molar-refractivity contribution in [2.45, 2.75) is 64.2 Å². The third-order valence-corrected chi connectivity index (χ3v) is 7.27. The van der Waals surface area contributed by atoms with Gasteiger partial charge in [-0.1, -0.05) is 25.0 Å². The molecule has 188 valence electrons. The number of carbonyl (C=O) groups is 3. The Morgan fingerprint density at radius 2 is 1.72 bits per heavy atom. The molecule has 1 atom stereocenters. The molecule has 2 aliphatic rings. The summed E-state index contributed by atoms with van der Waals surface area (Å²) < 4.78 is 29.5. The lowest BCUT2D eigenvalue weighted by molar-refractivity contribution is -0.133. The van der Waals surface area contributed by atoms with Crippen molar-refractivity contribution in [2.24, 2.45) is 0 Å². The van der Waals surface area contributed by atoms with E-state index in [0.717, 1.165) is 25.7 Å². The molecule has 0 bridgehead atoms. The van der Waals surface area contributed by atoms with Crippen LogP contribution in [0.3, 0.4) is 0 Å². The zero-order valence-electron chi connectivity index (χ0n) is 20.2. The highest BCUT2D eigenvalue weighted by atomic mass is 19.1. The van der Waals surface area contributed by atoms with Crippen molar-refractivity contribution in [2.75, 3.05) is 5.32 Å². The number of rotatable bonds is 5. The third-order valence-electron chi connectivity index (χ3n) is 7.27. The Balaban J connectivity index is 1.65. The summed E-state index contributed by atoms with van der Waals surface area (Å²) in [5.41, 5.74) is 0.309. The average Bonchev–Trinajstić information content (AvgIpc) is 3.44. The average molecular weight is 495 g/mol. The molecule has 1 aromatic heterocycles. The van der Waals surface area contributed by atoms with Crippen molar-refractivity contribution in [1.82, 2.24) is 14.8 Å². The first-order valence-electron chi connectivity index (χ1n) is 12.1. The first kappa shape index (κ1) is 24.0. The summed E-state index contributed by atoms with van der Waals surface area (Å²) in [7, 11) is 0. The van der Waals surface area contributed by atoms with Crippen LogP contribution in [0.1, 0.15) is 55.6 Å². The predicted octanol–water partition coefficient (Wildman–Crippen LogP) is 4.35. The number of benzene rings is 2. The number of hydrogen-bond donors (Lipinski definition) is 2. The Hall–Kier alpha value is -3.75. The summed E-state index contributed by atoms with van der Waals surface area (Å²) >= 11 is 0. The van der Waals surface area contributed by atoms with Crippen LogP contribution < -0.4 is 10.6 Å². The molecular formula is C27H28F2N4O3. The van der Waals surface area contributed by atoms with E-state index in [1.807, 2.05) is 0 Å². The molecule has 0 saturated heterocycles. The zero-order chi connectivity index (χ0) is 25.6. The van der Waals surface area contributed by atoms with Crippen molar-refractivity contribution < 1.29 is 23.2 Å². The topological polar surface area (TPSA) is 83.4 Å². The Kier molecular flexibility index (Phi) is 6.02. The molecule has 3 aromatic rings. The standard InChI is InChI=1S/C27H28F2N4O3/c1-16(34)30-23-21-13-19(29)11-12-22(21)32-15-27(2,26(36)31-20-5-3-4-6-20)33(25(35)24(23)32)14-17-7-9-18(28)10-8-17/h7-13,20H,3-6,14-15H2,1-2H3,(H,30,34)(H,31,36)/t27-/m1/s1. The van der Waals surface area contributed by atoms with Gasteiger partial charge >= 0.3 is 0 Å². The Bertz CT molecular complexity index is 1360. The van der Waals surface area contributed by atoms with Crippen LogP contribution in [0.5, 0.6) is 0 Å². The largest absolute Gasteiger partial charge is 0.351 e. The number of amides is 3. The molecule has 2 aromatic carbocycles. The number of anilines is 1. The minimum atomic E-state index is -1.28. The van der Waals surface area contributed by atoms with Gasteiger partial charge in [0, 0.05) is 24.9 Å². The van der Waals surface area contributed by atoms with Crippen LogP contribution in [0.25, 0.3) is 10.9 Å². The lowest BCUT2D eigenvalue weighted by atomic mass is 9.93. The van der Waals surface area contributed by atoms with Gasteiger partial charge in [-0.25, -0.2) is 8.78 Å². The van der Waals surface area contributed by atoms with Crippen molar-refractivity contribution in [3.8, 4) is 0 Å². The number of carbonyl (C=O) groups excluding carboxylic acids is 3. The highest BCUT2D eigenvalue weighted by Crippen LogP contribution is 2.40. The molecule has 9 heteroatoms. The fourth-order valence-corrected chi connectivity index (χ4v) is 5.39. The molecule has 2 heterocycles. The van der Waals surface area contributed by atoms with Gasteiger partial charge in [-0.2, -0.15) is 0 Å². The normalized spacial score (nSPS) is 20.0. The molecule has 2 N–H and O–H groups in total. The van der Waals surface area contributed by atoms with Crippen LogP contribution >= 0.6 is 0 Å². The van der Waals surface area contributed by atoms with Crippen LogP contribution in [-0.2, 0) is 22.7 Å². The van der Waals surface area contributed by atoms with Crippen LogP contribution in [0, 0.1) is 11.6 Å². The maximum atomic E-state index is 14.2. The number of aromatic nitrogens is 1. The molecular weight excluding hydrogens is 466 g/mol. The number of nitrogens with zero attached hydrogens (tertiary/aromatic N) is 2. The van der Waals surface area contributed by atoms with Crippen LogP contribution in [0.15, 0.2) is 42.5 Å². The van der Waals surface area contributed by atoms with E-state index in [4.69, 9.17) is 0 Å². The molecule has 3 amide bonds. The summed E-state index contributed by atoms with van der Waals surface area (Å²) in [5, 5.41) is 6.21. The fourth-order valence-electron chi connectivity index (χ4n) is 5.39. The highest BCUT2D eigenvalue weighted by Gasteiger charge is 2.49. The van der Waals surface area contributed by atoms with E-state index in [9.17, 15) is 23.2 Å². The monoisotopic (exact) mass is 494 g/mol. The molecule has 0 unspecified atom stereocenters. The van der Waals surface area contributed by atoms with E-state index in [0.29, 0.717) is 16.5 Å². The van der Waals surface area contributed by atoms with E-state index in [1.54, 1.807) is 29.7 Å². The van der Waals surface area contributed by atoms with E-state index in [-0.39, 0.29) is 36.4 Å². The van der Waals surface area contributed by atoms with Gasteiger partial charge in [0.25, 0.3) is 5.91 Å². The third kappa shape index (κ3) is 4.12. The molecule has 0 spiro atoms. The Morgan fingerprint density at radius 3 is 2.39 bits per heavy atom. The zero-order valence-corrected chi connectivity index (χ0v) is 20.2. The van der Waals surface area contributed by atoms with Crippen molar-refractivity contribution >= 4 is 34.3 Å². The minimum Gasteiger partial charge on any atom is -0.351 e. The molecule has 1 aliphatic heterocycles. The Morgan fingerprint density at radius 1 is 1.06 bits per heavy atom. The lowest BCUT2D eigenvalue weighted by Crippen LogP contribution is -2.64. The number of fused-ring (bicyclic) bond motifs is 3. The van der Waals surface area contributed by atoms with Crippen molar-refractivity contribution in [3.63, 3.8) is 0 Å². The molecule has 7 nitrogen and oxygen atoms in total. The molecule has 36 heavy (non-hydrogen) atoms. The summed E-state index contributed by atoms with van der Waals surface area (Å²) in [5.74, 6) is -2.06. The van der Waals surface area contributed by atoms with E-state index in [2.05, 4.69) is 10.6 Å². The SMILES string of the molecule is CC(=O)Nc1c2n(c3ccc(F)cc13)C[C@](C)(C(=O)NC1CCCC1)N(Cc1ccc(F)cc1)C2=O. The van der Waals surface area contributed by atoms with Gasteiger partial charge in [0.1, 0.15) is 22.9 Å². The molecule has 1 saturated carbocycles. The second kappa shape index (κ2) is 9.04. The minimum absolute atomic E-state index is 0.0453. The maximum Gasteiger partial charge on any atom is 0.273 e. The smallest absolute Gasteiger partial charge is 0.273 e. The first-order chi connectivity index (χ1) is 17.2. The van der Waals surface area contributed by atoms with Crippen LogP contribution in [0.2, 0.25) is 0 Å². The molecule has 5 rings (SSSR count). The van der Waals surface area contributed by atoms with E-state index in [1.165, 1.54) is 36.1 Å². The molecule has 0 radical (unpaired) electrons. The van der Waals surface area contributed by atoms with Gasteiger partial charge in [0.05, 0.1) is 17.7 Å². The second-order valence-electron chi connectivity index (χ2n) is 9.90. The van der Waals surface area contributed by atoms with Crippen LogP contribution in [0.4, 0.5) is 14.5 Å². The second-order valence-corrected chi connectivity index (χ2v) is 9.90. The highest BCUT2D eigenvalue weighted by molar-refractivity contribution is 6.14. The number of halogens is 2. The van der Waals surface area contributed by atoms with Gasteiger partial charge in [0.15, 0.2) is 0 Å². The summed E-state index contributed by atoms with van der Waals surface area (Å²) in [6.07, 6.45) is 3.85. The fraction of sp³-hybridized carbons (Fsp3) is 0.370. The maximum absolute atomic E-state index is 14.2. The quantitative estimate of drug-likeness (QED) is 0.553. The number of nitrogens with one attached hydrogen (secondary N) is 2. The number of hydrogen-bond acceptors (Lipinski definition) is 3. The molecule has 1 aliphatic carbocycles. The van der Waals surface area contributed by atoms with Gasteiger partial charge in [-0.05, 0) is 55.7 Å². The molecule has 1 fully saturated rings. The van der Waals surface area contributed by atoms with Gasteiger partial charge < -0.3 is 20.1 Å². The van der Waals surface area contributed by atoms with Gasteiger partial charge in [-0.15, -0.1) is 0 Å². The Labute approximate surface area is 207 Å². The van der Waals surface area contributed by atoms with Crippen molar-refractivity contribution in [3.05, 3.63) is 65.4 Å². The summed E-state index contributed by atoms with van der Waals surface area (Å²) in [4.78, 5) is 41.4. The van der Waals surface area contributed by atoms with E-state index >= 15 is 0 Å². The summed E-state index contributed by atoms with van der Waals surface area (Å²) in [6.45, 7) is 3.20.